The first kappa shape index (κ1) is 12.6. The van der Waals surface area contributed by atoms with E-state index in [2.05, 4.69) is 10.3 Å². The van der Waals surface area contributed by atoms with Crippen molar-refractivity contribution < 1.29 is 4.79 Å². The van der Waals surface area contributed by atoms with Crippen molar-refractivity contribution in [3.8, 4) is 0 Å². The maximum absolute atomic E-state index is 11.6. The van der Waals surface area contributed by atoms with Crippen LogP contribution in [0.25, 0.3) is 0 Å². The Labute approximate surface area is 96.3 Å². The van der Waals surface area contributed by atoms with Gasteiger partial charge >= 0.3 is 0 Å². The number of carbonyl (C=O) groups is 1. The molecule has 0 aliphatic rings. The van der Waals surface area contributed by atoms with E-state index in [4.69, 9.17) is 5.73 Å². The lowest BCUT2D eigenvalue weighted by molar-refractivity contribution is -0.117. The number of pyridine rings is 1. The molecule has 1 heterocycles. The van der Waals surface area contributed by atoms with Gasteiger partial charge in [0.2, 0.25) is 5.91 Å². The largest absolute Gasteiger partial charge is 0.330 e. The topological polar surface area (TPSA) is 68.0 Å². The van der Waals surface area contributed by atoms with Crippen LogP contribution in [0, 0.1) is 12.8 Å². The molecule has 1 amide bonds. The molecule has 0 bridgehead atoms. The molecule has 1 aromatic heterocycles. The van der Waals surface area contributed by atoms with Crippen molar-refractivity contribution in [2.24, 2.45) is 11.7 Å². The molecule has 0 spiro atoms. The van der Waals surface area contributed by atoms with E-state index >= 15 is 0 Å². The molecule has 4 heteroatoms. The zero-order valence-electron chi connectivity index (χ0n) is 9.86. The van der Waals surface area contributed by atoms with Crippen LogP contribution in [0.2, 0.25) is 0 Å². The number of carbonyl (C=O) groups excluding carboxylic acids is 1. The predicted molar refractivity (Wildman–Crippen MR) is 65.1 cm³/mol. The molecule has 1 atom stereocenters. The van der Waals surface area contributed by atoms with E-state index in [9.17, 15) is 4.79 Å². The fourth-order valence-electron chi connectivity index (χ4n) is 1.45. The first-order valence-corrected chi connectivity index (χ1v) is 5.58. The van der Waals surface area contributed by atoms with Gasteiger partial charge in [0.1, 0.15) is 5.82 Å². The summed E-state index contributed by atoms with van der Waals surface area (Å²) < 4.78 is 0. The van der Waals surface area contributed by atoms with Gasteiger partial charge in [-0.1, -0.05) is 13.3 Å². The zero-order chi connectivity index (χ0) is 12.0. The molecule has 1 rings (SSSR count). The van der Waals surface area contributed by atoms with Gasteiger partial charge in [-0.3, -0.25) is 4.79 Å². The zero-order valence-corrected chi connectivity index (χ0v) is 9.86. The maximum Gasteiger partial charge on any atom is 0.225 e. The lowest BCUT2D eigenvalue weighted by atomic mass is 10.0. The van der Waals surface area contributed by atoms with Gasteiger partial charge in [-0.25, -0.2) is 4.98 Å². The minimum atomic E-state index is -0.0181. The quantitative estimate of drug-likeness (QED) is 0.795. The number of amides is 1. The number of hydrogen-bond acceptors (Lipinski definition) is 3. The van der Waals surface area contributed by atoms with Crippen LogP contribution in [-0.4, -0.2) is 17.4 Å². The van der Waals surface area contributed by atoms with Crippen molar-refractivity contribution in [3.05, 3.63) is 23.9 Å². The Morgan fingerprint density at radius 1 is 1.62 bits per heavy atom. The third-order valence-corrected chi connectivity index (χ3v) is 2.57. The van der Waals surface area contributed by atoms with Gasteiger partial charge in [0, 0.05) is 12.6 Å². The van der Waals surface area contributed by atoms with Gasteiger partial charge in [0.25, 0.3) is 0 Å². The van der Waals surface area contributed by atoms with Crippen LogP contribution in [0.4, 0.5) is 5.82 Å². The van der Waals surface area contributed by atoms with Crippen LogP contribution in [0.5, 0.6) is 0 Å². The normalized spacial score (nSPS) is 12.2. The molecule has 0 radical (unpaired) electrons. The smallest absolute Gasteiger partial charge is 0.225 e. The van der Waals surface area contributed by atoms with E-state index in [0.717, 1.165) is 12.0 Å². The number of hydrogen-bond donors (Lipinski definition) is 2. The molecule has 4 nitrogen and oxygen atoms in total. The first-order valence-electron chi connectivity index (χ1n) is 5.58. The molecule has 0 saturated carbocycles. The van der Waals surface area contributed by atoms with Gasteiger partial charge in [-0.15, -0.1) is 0 Å². The highest BCUT2D eigenvalue weighted by Crippen LogP contribution is 2.10. The van der Waals surface area contributed by atoms with E-state index in [1.807, 2.05) is 26.0 Å². The Hall–Kier alpha value is -1.42. The highest BCUT2D eigenvalue weighted by Gasteiger charge is 2.10. The minimum Gasteiger partial charge on any atom is -0.330 e. The van der Waals surface area contributed by atoms with Gasteiger partial charge in [-0.05, 0) is 37.1 Å². The fourth-order valence-corrected chi connectivity index (χ4v) is 1.45. The van der Waals surface area contributed by atoms with Crippen molar-refractivity contribution >= 4 is 11.7 Å². The maximum atomic E-state index is 11.6. The Bertz CT molecular complexity index is 348. The Morgan fingerprint density at radius 2 is 2.38 bits per heavy atom. The molecule has 1 unspecified atom stereocenters. The number of anilines is 1. The second-order valence-corrected chi connectivity index (χ2v) is 3.98. The fraction of sp³-hybridized carbons (Fsp3) is 0.500. The third kappa shape index (κ3) is 3.98. The second-order valence-electron chi connectivity index (χ2n) is 3.98. The third-order valence-electron chi connectivity index (χ3n) is 2.57. The Morgan fingerprint density at radius 3 is 2.94 bits per heavy atom. The van der Waals surface area contributed by atoms with Crippen molar-refractivity contribution in [2.75, 3.05) is 11.9 Å². The molecule has 88 valence electrons. The average Bonchev–Trinajstić information content (AvgIpc) is 2.26. The van der Waals surface area contributed by atoms with E-state index in [1.54, 1.807) is 6.20 Å². The molecule has 0 aliphatic carbocycles. The predicted octanol–water partition coefficient (Wildman–Crippen LogP) is 1.70. The molecule has 16 heavy (non-hydrogen) atoms. The lowest BCUT2D eigenvalue weighted by Gasteiger charge is -2.11. The second kappa shape index (κ2) is 6.23. The van der Waals surface area contributed by atoms with Crippen LogP contribution in [-0.2, 0) is 4.79 Å². The number of nitrogens with one attached hydrogen (secondary N) is 1. The van der Waals surface area contributed by atoms with Gasteiger partial charge in [-0.2, -0.15) is 0 Å². The van der Waals surface area contributed by atoms with Crippen molar-refractivity contribution in [3.63, 3.8) is 0 Å². The summed E-state index contributed by atoms with van der Waals surface area (Å²) in [5.41, 5.74) is 6.63. The summed E-state index contributed by atoms with van der Waals surface area (Å²) >= 11 is 0. The standard InChI is InChI=1S/C12H19N3O/c1-3-10(8-13)7-12(16)15-11-6-9(2)4-5-14-11/h4-6,10H,3,7-8,13H2,1-2H3,(H,14,15,16). The summed E-state index contributed by atoms with van der Waals surface area (Å²) in [6.07, 6.45) is 3.07. The van der Waals surface area contributed by atoms with Crippen molar-refractivity contribution in [1.82, 2.24) is 4.98 Å². The summed E-state index contributed by atoms with van der Waals surface area (Å²) in [5.74, 6) is 0.845. The lowest BCUT2D eigenvalue weighted by Crippen LogP contribution is -2.22. The molecule has 0 aromatic carbocycles. The SMILES string of the molecule is CCC(CN)CC(=O)Nc1cc(C)ccn1. The number of nitrogens with two attached hydrogens (primary N) is 1. The van der Waals surface area contributed by atoms with Crippen LogP contribution in [0.15, 0.2) is 18.3 Å². The summed E-state index contributed by atoms with van der Waals surface area (Å²) in [5, 5.41) is 2.78. The molecular weight excluding hydrogens is 202 g/mol. The number of aromatic nitrogens is 1. The molecule has 1 aromatic rings. The Kier molecular flexibility index (Phi) is 4.92. The van der Waals surface area contributed by atoms with Crippen LogP contribution >= 0.6 is 0 Å². The van der Waals surface area contributed by atoms with E-state index in [1.165, 1.54) is 0 Å². The van der Waals surface area contributed by atoms with Gasteiger partial charge < -0.3 is 11.1 Å². The minimum absolute atomic E-state index is 0.0181. The Balaban J connectivity index is 2.51. The molecule has 0 saturated heterocycles. The van der Waals surface area contributed by atoms with Crippen LogP contribution in [0.1, 0.15) is 25.3 Å². The van der Waals surface area contributed by atoms with Gasteiger partial charge in [0.05, 0.1) is 0 Å². The van der Waals surface area contributed by atoms with E-state index < -0.39 is 0 Å². The summed E-state index contributed by atoms with van der Waals surface area (Å²) in [6.45, 7) is 4.55. The summed E-state index contributed by atoms with van der Waals surface area (Å²) in [4.78, 5) is 15.7. The summed E-state index contributed by atoms with van der Waals surface area (Å²) in [6, 6.07) is 3.74. The molecule has 0 fully saturated rings. The monoisotopic (exact) mass is 221 g/mol. The van der Waals surface area contributed by atoms with Crippen LogP contribution < -0.4 is 11.1 Å². The highest BCUT2D eigenvalue weighted by molar-refractivity contribution is 5.89. The van der Waals surface area contributed by atoms with Gasteiger partial charge in [0.15, 0.2) is 0 Å². The van der Waals surface area contributed by atoms with Crippen molar-refractivity contribution in [2.45, 2.75) is 26.7 Å². The number of nitrogens with zero attached hydrogens (tertiary/aromatic N) is 1. The average molecular weight is 221 g/mol. The first-order chi connectivity index (χ1) is 7.65. The molecule has 0 aliphatic heterocycles. The summed E-state index contributed by atoms with van der Waals surface area (Å²) in [7, 11) is 0. The number of rotatable bonds is 5. The highest BCUT2D eigenvalue weighted by atomic mass is 16.1. The van der Waals surface area contributed by atoms with E-state index in [0.29, 0.717) is 18.8 Å². The molecule has 3 N–H and O–H groups in total. The van der Waals surface area contributed by atoms with E-state index in [-0.39, 0.29) is 11.8 Å². The van der Waals surface area contributed by atoms with Crippen molar-refractivity contribution in [1.29, 1.82) is 0 Å². The molecular formula is C12H19N3O. The number of aryl methyl sites for hydroxylation is 1. The van der Waals surface area contributed by atoms with Crippen LogP contribution in [0.3, 0.4) is 0 Å².